The smallest absolute Gasteiger partial charge is 0.302 e. The molecule has 61 heavy (non-hydrogen) atoms. The summed E-state index contributed by atoms with van der Waals surface area (Å²) in [6, 6.07) is 5.91. The number of nitrogens with two attached hydrogens (primary N) is 2. The quantitative estimate of drug-likeness (QED) is 0.115. The highest BCUT2D eigenvalue weighted by Crippen LogP contribution is 2.57. The summed E-state index contributed by atoms with van der Waals surface area (Å²) in [5.74, 6) is 2.67. The first-order valence-electron chi connectivity index (χ1n) is 22.9. The number of aliphatic hydroxyl groups is 1. The molecule has 6 atom stereocenters. The number of carbonyl (C=O) groups excluding carboxylic acids is 2. The first-order chi connectivity index (χ1) is 29.4. The lowest BCUT2D eigenvalue weighted by Gasteiger charge is -2.34. The van der Waals surface area contributed by atoms with Crippen molar-refractivity contribution in [2.45, 2.75) is 164 Å². The maximum atomic E-state index is 14.2. The van der Waals surface area contributed by atoms with Gasteiger partial charge < -0.3 is 41.4 Å². The third-order valence-electron chi connectivity index (χ3n) is 14.3. The third-order valence-corrected chi connectivity index (χ3v) is 17.5. The summed E-state index contributed by atoms with van der Waals surface area (Å²) in [7, 11) is 3.79. The number of aliphatic imine (C=N–C) groups is 1. The van der Waals surface area contributed by atoms with Crippen molar-refractivity contribution in [1.29, 1.82) is 0 Å². The molecule has 1 saturated heterocycles. The average Bonchev–Trinajstić information content (AvgIpc) is 3.87. The van der Waals surface area contributed by atoms with Crippen LogP contribution in [0.25, 0.3) is 0 Å². The molecule has 0 radical (unpaired) electrons. The van der Waals surface area contributed by atoms with Crippen LogP contribution in [-0.4, -0.2) is 79.5 Å². The van der Waals surface area contributed by atoms with E-state index in [2.05, 4.69) is 28.5 Å². The summed E-state index contributed by atoms with van der Waals surface area (Å²) >= 11 is 0. The Hall–Kier alpha value is -3.62. The predicted octanol–water partition coefficient (Wildman–Crippen LogP) is 7.83. The molecule has 2 saturated carbocycles. The van der Waals surface area contributed by atoms with Crippen LogP contribution in [0.1, 0.15) is 144 Å². The summed E-state index contributed by atoms with van der Waals surface area (Å²) in [4.78, 5) is 37.5. The number of fused-ring (bicyclic) bond motifs is 4. The Labute approximate surface area is 369 Å². The van der Waals surface area contributed by atoms with Crippen LogP contribution in [0, 0.1) is 11.3 Å². The van der Waals surface area contributed by atoms with Gasteiger partial charge in [-0.25, -0.2) is 4.98 Å². The number of nitrogen functional groups attached to an aromatic ring is 1. The van der Waals surface area contributed by atoms with E-state index in [1.54, 1.807) is 6.20 Å². The largest absolute Gasteiger partial charge is 0.504 e. The van der Waals surface area contributed by atoms with E-state index in [0.717, 1.165) is 99.5 Å². The van der Waals surface area contributed by atoms with Crippen LogP contribution < -0.4 is 21.5 Å². The molecule has 6 bridgehead atoms. The van der Waals surface area contributed by atoms with Crippen LogP contribution in [0.5, 0.6) is 11.5 Å². The molecule has 12 nitrogen and oxygen atoms in total. The summed E-state index contributed by atoms with van der Waals surface area (Å²) in [6.45, 7) is 2.59. The van der Waals surface area contributed by atoms with E-state index in [1.807, 2.05) is 38.6 Å². The molecular weight excluding hydrogens is 809 g/mol. The number of allylic oxidation sites excluding steroid dienone is 1. The van der Waals surface area contributed by atoms with Crippen LogP contribution in [0.3, 0.4) is 0 Å². The second-order valence-electron chi connectivity index (χ2n) is 18.9. The van der Waals surface area contributed by atoms with E-state index < -0.39 is 23.2 Å². The van der Waals surface area contributed by atoms with Crippen molar-refractivity contribution in [1.82, 2.24) is 15.2 Å². The van der Waals surface area contributed by atoms with Gasteiger partial charge in [0.05, 0.1) is 11.0 Å². The van der Waals surface area contributed by atoms with Crippen molar-refractivity contribution >= 4 is 45.2 Å². The second kappa shape index (κ2) is 19.0. The molecule has 7 N–H and O–H groups in total. The number of rotatable bonds is 3. The minimum atomic E-state index is -0.578. The van der Waals surface area contributed by atoms with E-state index in [1.165, 1.54) is 6.92 Å². The number of phenols is 1. The number of pyridine rings is 1. The van der Waals surface area contributed by atoms with Crippen molar-refractivity contribution in [3.63, 3.8) is 0 Å². The Morgan fingerprint density at radius 3 is 2.69 bits per heavy atom. The highest BCUT2D eigenvalue weighted by Gasteiger charge is 2.51. The number of anilines is 1. The van der Waals surface area contributed by atoms with Gasteiger partial charge in [0.2, 0.25) is 5.91 Å². The highest BCUT2D eigenvalue weighted by molar-refractivity contribution is 8.77. The first-order valence-corrected chi connectivity index (χ1v) is 25.2. The molecule has 3 fully saturated rings. The molecule has 7 aliphatic rings. The van der Waals surface area contributed by atoms with Crippen LogP contribution >= 0.6 is 21.6 Å². The Balaban J connectivity index is 1.12. The zero-order valence-electron chi connectivity index (χ0n) is 35.9. The zero-order chi connectivity index (χ0) is 42.6. The number of amides is 1. The molecule has 1 aromatic carbocycles. The molecule has 2 spiro atoms. The van der Waals surface area contributed by atoms with Gasteiger partial charge in [-0.1, -0.05) is 59.8 Å². The number of aliphatic hydroxyl groups excluding tert-OH is 1. The Morgan fingerprint density at radius 2 is 1.87 bits per heavy atom. The predicted molar refractivity (Wildman–Crippen MR) is 243 cm³/mol. The van der Waals surface area contributed by atoms with Crippen LogP contribution in [0.4, 0.5) is 5.82 Å². The van der Waals surface area contributed by atoms with Gasteiger partial charge in [-0.2, -0.15) is 0 Å². The van der Waals surface area contributed by atoms with Gasteiger partial charge >= 0.3 is 5.97 Å². The van der Waals surface area contributed by atoms with Gasteiger partial charge in [-0.05, 0) is 112 Å². The molecule has 332 valence electrons. The monoisotopic (exact) mass is 874 g/mol. The van der Waals surface area contributed by atoms with Crippen molar-refractivity contribution < 1.29 is 29.3 Å². The SMILES string of the molecule is CC(=O)O[C@@H]1CCc2cc(c(O)c3c2[C@H]2C=C[C@@]4(CCC[C@H]4C2)O3)CN2C[C@](Cc3ccnc(N)c3)(CCN=C(N)NC3(CCCC3)SSCCCCCC[C@H](O)C1)CC2=O. The van der Waals surface area contributed by atoms with E-state index in [4.69, 9.17) is 25.9 Å². The summed E-state index contributed by atoms with van der Waals surface area (Å²) in [5.41, 5.74) is 15.6. The molecule has 2 aromatic rings. The summed E-state index contributed by atoms with van der Waals surface area (Å²) in [6.07, 6.45) is 21.4. The Bertz CT molecular complexity index is 1970. The lowest BCUT2D eigenvalue weighted by molar-refractivity contribution is -0.148. The normalized spacial score (nSPS) is 31.1. The molecular formula is C47H66N6O6S2. The lowest BCUT2D eigenvalue weighted by Crippen LogP contribution is -2.47. The standard InChI is InChI=1S/C47H66N6O6S2/c1-31(54)58-38-12-11-33-24-35(42(57)43-41(33)34-13-18-46(59-43)15-8-9-36(46)25-34)29-53-30-45(28-40(53)56,27-32-14-20-50-39(48)23-32)19-21-51-44(49)52-47(16-5-6-17-47)61-60-22-7-3-2-4-10-37(55)26-38/h13-14,18,20,23-24,34,36-38,55,57H,2-12,15-17,19,21-22,25-30H2,1H3,(H2,48,50)(H3,49,51,52)/t34-,36-,37-,38+,45-,46+/m0/s1. The minimum Gasteiger partial charge on any atom is -0.504 e. The number of hydrogen-bond acceptors (Lipinski definition) is 13. The van der Waals surface area contributed by atoms with Crippen LogP contribution in [0.2, 0.25) is 0 Å². The number of phenolic OH excluding ortho intramolecular Hbond substituents is 1. The highest BCUT2D eigenvalue weighted by atomic mass is 33.1. The van der Waals surface area contributed by atoms with E-state index in [0.29, 0.717) is 87.0 Å². The Kier molecular flexibility index (Phi) is 13.7. The number of ether oxygens (including phenoxy) is 2. The van der Waals surface area contributed by atoms with Crippen molar-refractivity contribution in [3.05, 3.63) is 58.8 Å². The van der Waals surface area contributed by atoms with E-state index in [9.17, 15) is 19.8 Å². The number of nitrogens with zero attached hydrogens (tertiary/aromatic N) is 3. The van der Waals surface area contributed by atoms with Crippen molar-refractivity contribution in [2.24, 2.45) is 22.1 Å². The molecule has 4 aliphatic heterocycles. The third kappa shape index (κ3) is 10.3. The number of guanidine groups is 1. The molecule has 14 heteroatoms. The molecule has 1 amide bonds. The zero-order valence-corrected chi connectivity index (χ0v) is 37.5. The lowest BCUT2D eigenvalue weighted by atomic mass is 9.75. The molecule has 0 unspecified atom stereocenters. The van der Waals surface area contributed by atoms with E-state index in [-0.39, 0.29) is 35.0 Å². The number of aromatic hydroxyl groups is 1. The Morgan fingerprint density at radius 1 is 1.03 bits per heavy atom. The van der Waals surface area contributed by atoms with Crippen LogP contribution in [-0.2, 0) is 33.7 Å². The fourth-order valence-corrected chi connectivity index (χ4v) is 14.4. The molecule has 3 aliphatic carbocycles. The molecule has 9 rings (SSSR count). The summed E-state index contributed by atoms with van der Waals surface area (Å²) in [5, 5.41) is 27.1. The molecule has 1 aromatic heterocycles. The topological polar surface area (TPSA) is 186 Å². The maximum absolute atomic E-state index is 14.2. The van der Waals surface area contributed by atoms with Gasteiger partial charge in [-0.15, -0.1) is 0 Å². The first kappa shape index (κ1) is 44.0. The number of hydrogen-bond donors (Lipinski definition) is 5. The number of aromatic nitrogens is 1. The fraction of sp³-hybridized carbons (Fsp3) is 0.660. The summed E-state index contributed by atoms with van der Waals surface area (Å²) < 4.78 is 12.9. The van der Waals surface area contributed by atoms with Crippen LogP contribution in [0.15, 0.2) is 41.5 Å². The minimum absolute atomic E-state index is 0.0182. The maximum Gasteiger partial charge on any atom is 0.302 e. The average molecular weight is 875 g/mol. The second-order valence-corrected chi connectivity index (χ2v) is 21.7. The molecule has 5 heterocycles. The number of benzene rings is 1. The van der Waals surface area contributed by atoms with Gasteiger partial charge in [0.15, 0.2) is 17.5 Å². The number of aryl methyl sites for hydroxylation is 1. The van der Waals surface area contributed by atoms with Gasteiger partial charge in [-0.3, -0.25) is 14.6 Å². The van der Waals surface area contributed by atoms with E-state index >= 15 is 0 Å². The fourth-order valence-electron chi connectivity index (χ4n) is 11.3. The number of nitrogens with one attached hydrogen (secondary N) is 1. The van der Waals surface area contributed by atoms with Crippen molar-refractivity contribution in [3.8, 4) is 11.5 Å². The van der Waals surface area contributed by atoms with Crippen molar-refractivity contribution in [2.75, 3.05) is 24.6 Å². The number of esters is 1. The van der Waals surface area contributed by atoms with Gasteiger partial charge in [0.25, 0.3) is 0 Å². The van der Waals surface area contributed by atoms with Gasteiger partial charge in [0, 0.05) is 79.7 Å². The van der Waals surface area contributed by atoms with Gasteiger partial charge in [0.1, 0.15) is 17.5 Å². The number of carbonyl (C=O) groups is 2.